The molecule has 5 heteroatoms. The Hall–Kier alpha value is -2.00. The van der Waals surface area contributed by atoms with Gasteiger partial charge in [0.1, 0.15) is 5.82 Å². The number of fused-ring (bicyclic) bond motifs is 1. The van der Waals surface area contributed by atoms with Gasteiger partial charge in [-0.15, -0.1) is 0 Å². The first kappa shape index (κ1) is 12.1. The van der Waals surface area contributed by atoms with Gasteiger partial charge in [-0.25, -0.2) is 9.18 Å². The lowest BCUT2D eigenvalue weighted by atomic mass is 9.72. The van der Waals surface area contributed by atoms with Gasteiger partial charge in [0.05, 0.1) is 17.1 Å². The van der Waals surface area contributed by atoms with Gasteiger partial charge in [-0.2, -0.15) is 4.99 Å². The summed E-state index contributed by atoms with van der Waals surface area (Å²) in [4.78, 5) is 26.0. The molecule has 1 unspecified atom stereocenters. The van der Waals surface area contributed by atoms with E-state index in [1.54, 1.807) is 19.1 Å². The maximum atomic E-state index is 14.1. The summed E-state index contributed by atoms with van der Waals surface area (Å²) in [6.45, 7) is 1.74. The molecule has 1 aromatic rings. The summed E-state index contributed by atoms with van der Waals surface area (Å²) in [7, 11) is 0. The quantitative estimate of drug-likeness (QED) is 0.656. The van der Waals surface area contributed by atoms with Gasteiger partial charge in [-0.3, -0.25) is 4.79 Å². The minimum atomic E-state index is -0.636. The summed E-state index contributed by atoms with van der Waals surface area (Å²) >= 11 is 0. The summed E-state index contributed by atoms with van der Waals surface area (Å²) in [5.41, 5.74) is 0.933. The molecular weight excluding hydrogens is 247 g/mol. The van der Waals surface area contributed by atoms with Crippen molar-refractivity contribution in [3.05, 3.63) is 29.1 Å². The van der Waals surface area contributed by atoms with Crippen LogP contribution in [0.3, 0.4) is 0 Å². The number of aliphatic imine (C=N–C) groups is 1. The second-order valence-corrected chi connectivity index (χ2v) is 5.22. The van der Waals surface area contributed by atoms with Crippen LogP contribution in [-0.4, -0.2) is 12.0 Å². The van der Waals surface area contributed by atoms with Gasteiger partial charge in [-0.1, -0.05) is 6.07 Å². The molecular formula is C14H13FN2O2. The molecule has 3 rings (SSSR count). The van der Waals surface area contributed by atoms with Gasteiger partial charge >= 0.3 is 0 Å². The van der Waals surface area contributed by atoms with Gasteiger partial charge in [0.15, 0.2) is 0 Å². The van der Waals surface area contributed by atoms with Crippen LogP contribution in [0.2, 0.25) is 0 Å². The molecule has 1 aromatic carbocycles. The first-order valence-electron chi connectivity index (χ1n) is 6.31. The normalized spacial score (nSPS) is 23.1. The largest absolute Gasteiger partial charge is 0.323 e. The fourth-order valence-corrected chi connectivity index (χ4v) is 2.81. The van der Waals surface area contributed by atoms with Crippen molar-refractivity contribution < 1.29 is 14.0 Å². The molecule has 0 spiro atoms. The number of rotatable bonds is 2. The van der Waals surface area contributed by atoms with E-state index in [1.807, 2.05) is 0 Å². The summed E-state index contributed by atoms with van der Waals surface area (Å²) < 4.78 is 14.1. The van der Waals surface area contributed by atoms with Crippen molar-refractivity contribution in [3.63, 3.8) is 0 Å². The predicted molar refractivity (Wildman–Crippen MR) is 67.1 cm³/mol. The third kappa shape index (κ3) is 1.62. The molecule has 1 N–H and O–H groups in total. The van der Waals surface area contributed by atoms with Gasteiger partial charge in [0.2, 0.25) is 12.0 Å². The zero-order valence-corrected chi connectivity index (χ0v) is 10.5. The molecule has 1 saturated carbocycles. The Balaban J connectivity index is 2.13. The number of nitrogens with one attached hydrogen (secondary N) is 1. The van der Waals surface area contributed by atoms with Crippen molar-refractivity contribution in [3.8, 4) is 0 Å². The second-order valence-electron chi connectivity index (χ2n) is 5.22. The summed E-state index contributed by atoms with van der Waals surface area (Å²) in [6.07, 6.45) is 3.98. The van der Waals surface area contributed by atoms with E-state index in [0.717, 1.165) is 19.3 Å². The molecule has 0 aromatic heterocycles. The Morgan fingerprint density at radius 1 is 1.47 bits per heavy atom. The number of anilines is 1. The first-order valence-corrected chi connectivity index (χ1v) is 6.31. The molecule has 1 fully saturated rings. The molecule has 1 heterocycles. The minimum absolute atomic E-state index is 0.201. The van der Waals surface area contributed by atoms with Crippen LogP contribution in [-0.2, 0) is 15.1 Å². The van der Waals surface area contributed by atoms with Crippen LogP contribution in [0.1, 0.15) is 43.2 Å². The highest BCUT2D eigenvalue weighted by atomic mass is 19.1. The van der Waals surface area contributed by atoms with Crippen molar-refractivity contribution >= 4 is 17.7 Å². The van der Waals surface area contributed by atoms with E-state index >= 15 is 0 Å². The Labute approximate surface area is 109 Å². The molecule has 19 heavy (non-hydrogen) atoms. The Morgan fingerprint density at radius 2 is 2.21 bits per heavy atom. The van der Waals surface area contributed by atoms with E-state index < -0.39 is 11.4 Å². The van der Waals surface area contributed by atoms with E-state index in [9.17, 15) is 14.0 Å². The van der Waals surface area contributed by atoms with Gasteiger partial charge in [0, 0.05) is 0 Å². The number of carbonyl (C=O) groups excluding carboxylic acids is 2. The Morgan fingerprint density at radius 3 is 2.79 bits per heavy atom. The van der Waals surface area contributed by atoms with Crippen LogP contribution in [0.25, 0.3) is 0 Å². The number of benzene rings is 1. The highest BCUT2D eigenvalue weighted by Crippen LogP contribution is 2.47. The molecule has 0 radical (unpaired) electrons. The lowest BCUT2D eigenvalue weighted by Gasteiger charge is -2.37. The molecule has 4 nitrogen and oxygen atoms in total. The van der Waals surface area contributed by atoms with Gasteiger partial charge < -0.3 is 5.32 Å². The molecule has 1 aliphatic heterocycles. The van der Waals surface area contributed by atoms with E-state index in [0.29, 0.717) is 11.1 Å². The molecule has 98 valence electrons. The van der Waals surface area contributed by atoms with Crippen molar-refractivity contribution in [2.45, 2.75) is 37.6 Å². The smallest absolute Gasteiger partial charge is 0.235 e. The third-order valence-electron chi connectivity index (χ3n) is 4.21. The highest BCUT2D eigenvalue weighted by Gasteiger charge is 2.41. The molecule has 0 bridgehead atoms. The zero-order chi connectivity index (χ0) is 13.6. The number of hydrogen-bond acceptors (Lipinski definition) is 3. The SMILES string of the molecule is CC1C(=O)Nc2c(F)cc(C3(N=C=O)CCC3)cc21. The van der Waals surface area contributed by atoms with Crippen LogP contribution in [0, 0.1) is 5.82 Å². The number of halogens is 1. The average molecular weight is 260 g/mol. The number of nitrogens with zero attached hydrogens (tertiary/aromatic N) is 1. The van der Waals surface area contributed by atoms with Crippen LogP contribution >= 0.6 is 0 Å². The minimum Gasteiger partial charge on any atom is -0.323 e. The number of hydrogen-bond donors (Lipinski definition) is 1. The van der Waals surface area contributed by atoms with E-state index in [4.69, 9.17) is 0 Å². The van der Waals surface area contributed by atoms with Crippen LogP contribution in [0.4, 0.5) is 10.1 Å². The highest BCUT2D eigenvalue weighted by molar-refractivity contribution is 6.02. The molecule has 1 amide bonds. The van der Waals surface area contributed by atoms with Crippen molar-refractivity contribution in [1.29, 1.82) is 0 Å². The summed E-state index contributed by atoms with van der Waals surface area (Å²) in [5.74, 6) is -1.04. The van der Waals surface area contributed by atoms with Crippen LogP contribution in [0.5, 0.6) is 0 Å². The number of carbonyl (C=O) groups is 1. The zero-order valence-electron chi connectivity index (χ0n) is 10.5. The monoisotopic (exact) mass is 260 g/mol. The first-order chi connectivity index (χ1) is 9.07. The standard InChI is InChI=1S/C14H13FN2O2/c1-8-10-5-9(14(16-7-18)3-2-4-14)6-11(15)12(10)17-13(8)19/h5-6,8H,2-4H2,1H3,(H,17,19). The van der Waals surface area contributed by atoms with Gasteiger partial charge in [0.25, 0.3) is 0 Å². The number of isocyanates is 1. The fraction of sp³-hybridized carbons (Fsp3) is 0.429. The Bertz CT molecular complexity index is 616. The maximum absolute atomic E-state index is 14.1. The average Bonchev–Trinajstić information content (AvgIpc) is 2.62. The fourth-order valence-electron chi connectivity index (χ4n) is 2.81. The maximum Gasteiger partial charge on any atom is 0.235 e. The summed E-state index contributed by atoms with van der Waals surface area (Å²) in [5, 5.41) is 2.54. The van der Waals surface area contributed by atoms with E-state index in [1.165, 1.54) is 6.07 Å². The van der Waals surface area contributed by atoms with E-state index in [-0.39, 0.29) is 17.5 Å². The van der Waals surface area contributed by atoms with Crippen molar-refractivity contribution in [1.82, 2.24) is 0 Å². The third-order valence-corrected chi connectivity index (χ3v) is 4.21. The van der Waals surface area contributed by atoms with Crippen molar-refractivity contribution in [2.75, 3.05) is 5.32 Å². The molecule has 1 aliphatic carbocycles. The van der Waals surface area contributed by atoms with Gasteiger partial charge in [-0.05, 0) is 43.4 Å². The van der Waals surface area contributed by atoms with Crippen LogP contribution in [0.15, 0.2) is 17.1 Å². The van der Waals surface area contributed by atoms with E-state index in [2.05, 4.69) is 10.3 Å². The summed E-state index contributed by atoms with van der Waals surface area (Å²) in [6, 6.07) is 3.16. The Kier molecular flexibility index (Phi) is 2.54. The van der Waals surface area contributed by atoms with Crippen molar-refractivity contribution in [2.24, 2.45) is 4.99 Å². The topological polar surface area (TPSA) is 58.5 Å². The molecule has 2 aliphatic rings. The lowest BCUT2D eigenvalue weighted by molar-refractivity contribution is -0.116. The lowest BCUT2D eigenvalue weighted by Crippen LogP contribution is -2.32. The molecule has 0 saturated heterocycles. The second kappa shape index (κ2) is 4.00. The molecule has 1 atom stereocenters. The predicted octanol–water partition coefficient (Wildman–Crippen LogP) is 2.60. The number of amides is 1. The van der Waals surface area contributed by atoms with Crippen LogP contribution < -0.4 is 5.32 Å².